The van der Waals surface area contributed by atoms with Gasteiger partial charge >= 0.3 is 0 Å². The molecular weight excluding hydrogens is 526 g/mol. The molecule has 2 bridgehead atoms. The van der Waals surface area contributed by atoms with Crippen LogP contribution in [0.1, 0.15) is 19.3 Å². The van der Waals surface area contributed by atoms with E-state index in [0.29, 0.717) is 61.7 Å². The Balaban J connectivity index is 1.35. The van der Waals surface area contributed by atoms with E-state index in [-0.39, 0.29) is 24.3 Å². The molecule has 0 spiro atoms. The Kier molecular flexibility index (Phi) is 8.60. The summed E-state index contributed by atoms with van der Waals surface area (Å²) in [5.41, 5.74) is 10.6. The lowest BCUT2D eigenvalue weighted by Gasteiger charge is -2.32. The highest BCUT2D eigenvalue weighted by Crippen LogP contribution is 2.33. The number of aliphatic hydroxyl groups is 1. The van der Waals surface area contributed by atoms with Gasteiger partial charge < -0.3 is 20.3 Å². The highest BCUT2D eigenvalue weighted by molar-refractivity contribution is 7.89. The van der Waals surface area contributed by atoms with Gasteiger partial charge in [-0.2, -0.15) is 4.31 Å². The monoisotopic (exact) mass is 565 g/mol. The number of fused-ring (bicyclic) bond motifs is 1. The predicted molar refractivity (Wildman–Crippen MR) is 157 cm³/mol. The van der Waals surface area contributed by atoms with E-state index in [9.17, 15) is 18.3 Å². The fourth-order valence-corrected chi connectivity index (χ4v) is 7.22. The molecule has 3 heterocycles. The minimum atomic E-state index is -3.57. The van der Waals surface area contributed by atoms with Gasteiger partial charge in [-0.3, -0.25) is 4.79 Å². The standard InChI is InChI=1S/C30H39N5O4S/c1-33(2)26-7-9-27(10-8-26)40(38,39)35-17-13-23(14-18-35)24-11-15-31-32-28-6-4-3-5-25(19-24)29(28)30(37)34-16-12-22(20-34)21-36/h3-11,19,22-23,31-32,36H,12-18,20-21H2,1-2H3. The first-order valence-corrected chi connectivity index (χ1v) is 15.4. The number of likely N-dealkylation sites (tertiary alicyclic amines) is 1. The van der Waals surface area contributed by atoms with E-state index in [4.69, 9.17) is 0 Å². The van der Waals surface area contributed by atoms with Gasteiger partial charge in [0.1, 0.15) is 0 Å². The number of rotatable bonds is 6. The number of allylic oxidation sites excluding steroid dienone is 6. The van der Waals surface area contributed by atoms with Crippen LogP contribution in [0.25, 0.3) is 0 Å². The van der Waals surface area contributed by atoms with E-state index in [1.165, 1.54) is 0 Å². The second kappa shape index (κ2) is 12.1. The van der Waals surface area contributed by atoms with Crippen molar-refractivity contribution in [3.8, 4) is 0 Å². The maximum atomic E-state index is 13.7. The van der Waals surface area contributed by atoms with Crippen molar-refractivity contribution >= 4 is 21.6 Å². The van der Waals surface area contributed by atoms with Crippen LogP contribution in [0, 0.1) is 11.8 Å². The fourth-order valence-electron chi connectivity index (χ4n) is 5.75. The van der Waals surface area contributed by atoms with E-state index < -0.39 is 10.0 Å². The molecule has 214 valence electrons. The normalized spacial score (nSPS) is 22.6. The van der Waals surface area contributed by atoms with Crippen LogP contribution in [0.15, 0.2) is 88.0 Å². The van der Waals surface area contributed by atoms with E-state index in [1.54, 1.807) is 16.4 Å². The summed E-state index contributed by atoms with van der Waals surface area (Å²) in [6, 6.07) is 7.02. The largest absolute Gasteiger partial charge is 0.396 e. The van der Waals surface area contributed by atoms with Crippen molar-refractivity contribution in [1.29, 1.82) is 0 Å². The molecule has 9 nitrogen and oxygen atoms in total. The molecule has 1 aliphatic carbocycles. The molecule has 2 fully saturated rings. The van der Waals surface area contributed by atoms with E-state index in [1.807, 2.05) is 60.3 Å². The molecule has 1 aromatic carbocycles. The number of aliphatic hydroxyl groups excluding tert-OH is 1. The molecule has 3 aliphatic heterocycles. The van der Waals surface area contributed by atoms with Crippen LogP contribution < -0.4 is 15.8 Å². The predicted octanol–water partition coefficient (Wildman–Crippen LogP) is 2.33. The number of anilines is 1. The molecule has 1 aromatic rings. The zero-order chi connectivity index (χ0) is 28.3. The van der Waals surface area contributed by atoms with Crippen LogP contribution in [0.5, 0.6) is 0 Å². The number of hydrogen-bond acceptors (Lipinski definition) is 7. The first-order valence-electron chi connectivity index (χ1n) is 14.0. The molecule has 5 rings (SSSR count). The maximum absolute atomic E-state index is 13.7. The number of amides is 1. The summed E-state index contributed by atoms with van der Waals surface area (Å²) in [5, 5.41) is 9.59. The first kappa shape index (κ1) is 28.4. The van der Waals surface area contributed by atoms with Crippen molar-refractivity contribution < 1.29 is 18.3 Å². The van der Waals surface area contributed by atoms with Crippen LogP contribution >= 0.6 is 0 Å². The van der Waals surface area contributed by atoms with Crippen LogP contribution in [-0.4, -0.2) is 82.1 Å². The lowest BCUT2D eigenvalue weighted by molar-refractivity contribution is -0.126. The van der Waals surface area contributed by atoms with Crippen molar-refractivity contribution in [3.63, 3.8) is 0 Å². The second-order valence-electron chi connectivity index (χ2n) is 11.0. The number of carbonyl (C=O) groups excluding carboxylic acids is 1. The number of benzene rings is 1. The molecule has 1 unspecified atom stereocenters. The second-order valence-corrected chi connectivity index (χ2v) is 12.9. The number of nitrogens with zero attached hydrogens (tertiary/aromatic N) is 3. The molecule has 10 heteroatoms. The number of hydrazine groups is 1. The molecule has 1 amide bonds. The Labute approximate surface area is 237 Å². The van der Waals surface area contributed by atoms with Crippen molar-refractivity contribution in [2.75, 3.05) is 58.3 Å². The zero-order valence-electron chi connectivity index (χ0n) is 23.2. The Morgan fingerprint density at radius 3 is 2.45 bits per heavy atom. The summed E-state index contributed by atoms with van der Waals surface area (Å²) in [7, 11) is 0.286. The van der Waals surface area contributed by atoms with Crippen molar-refractivity contribution in [2.45, 2.75) is 24.2 Å². The van der Waals surface area contributed by atoms with Gasteiger partial charge in [0.25, 0.3) is 5.91 Å². The first-order chi connectivity index (χ1) is 19.3. The van der Waals surface area contributed by atoms with Gasteiger partial charge in [0.2, 0.25) is 10.0 Å². The van der Waals surface area contributed by atoms with E-state index >= 15 is 0 Å². The third-order valence-corrected chi connectivity index (χ3v) is 10.1. The average molecular weight is 566 g/mol. The van der Waals surface area contributed by atoms with Crippen molar-refractivity contribution in [1.82, 2.24) is 20.1 Å². The number of nitrogens with one attached hydrogen (secondary N) is 2. The summed E-state index contributed by atoms with van der Waals surface area (Å²) in [5.74, 6) is 0.233. The van der Waals surface area contributed by atoms with Crippen molar-refractivity contribution in [3.05, 3.63) is 83.1 Å². The molecule has 0 radical (unpaired) electrons. The Morgan fingerprint density at radius 2 is 1.77 bits per heavy atom. The summed E-state index contributed by atoms with van der Waals surface area (Å²) in [4.78, 5) is 17.8. The van der Waals surface area contributed by atoms with Gasteiger partial charge in [-0.1, -0.05) is 30.4 Å². The number of sulfonamides is 1. The smallest absolute Gasteiger partial charge is 0.256 e. The SMILES string of the molecule is CN(C)c1ccc(S(=O)(=O)N2CCC(C3=CCNNC4=C(C(=O)N5CCC(CO)C5)C(=C3)C=CC=C4)CC2)cc1. The average Bonchev–Trinajstić information content (AvgIpc) is 3.39. The summed E-state index contributed by atoms with van der Waals surface area (Å²) < 4.78 is 28.3. The quantitative estimate of drug-likeness (QED) is 0.486. The van der Waals surface area contributed by atoms with Crippen LogP contribution in [0.2, 0.25) is 0 Å². The number of carbonyl (C=O) groups is 1. The van der Waals surface area contributed by atoms with Gasteiger partial charge in [-0.05, 0) is 66.7 Å². The van der Waals surface area contributed by atoms with Crippen LogP contribution in [0.3, 0.4) is 0 Å². The van der Waals surface area contributed by atoms with Crippen molar-refractivity contribution in [2.24, 2.45) is 11.8 Å². The van der Waals surface area contributed by atoms with Crippen LogP contribution in [0.4, 0.5) is 5.69 Å². The number of piperidine rings is 1. The maximum Gasteiger partial charge on any atom is 0.256 e. The van der Waals surface area contributed by atoms with Gasteiger partial charge in [-0.15, -0.1) is 0 Å². The van der Waals surface area contributed by atoms with E-state index in [2.05, 4.69) is 23.0 Å². The van der Waals surface area contributed by atoms with Gasteiger partial charge in [0.15, 0.2) is 0 Å². The molecule has 1 atom stereocenters. The third kappa shape index (κ3) is 5.95. The Hall–Kier alpha value is -3.18. The Morgan fingerprint density at radius 1 is 1.05 bits per heavy atom. The summed E-state index contributed by atoms with van der Waals surface area (Å²) in [6.45, 7) is 2.70. The third-order valence-electron chi connectivity index (χ3n) is 8.15. The zero-order valence-corrected chi connectivity index (χ0v) is 24.0. The minimum Gasteiger partial charge on any atom is -0.396 e. The molecule has 0 aromatic heterocycles. The number of hydrogen-bond donors (Lipinski definition) is 3. The van der Waals surface area contributed by atoms with Gasteiger partial charge in [0.05, 0.1) is 16.2 Å². The Bertz CT molecular complexity index is 1370. The fraction of sp³-hybridized carbons (Fsp3) is 0.433. The highest BCUT2D eigenvalue weighted by atomic mass is 32.2. The minimum absolute atomic E-state index is 0.0508. The molecule has 2 saturated heterocycles. The van der Waals surface area contributed by atoms with Gasteiger partial charge in [-0.25, -0.2) is 13.8 Å². The molecule has 40 heavy (non-hydrogen) atoms. The van der Waals surface area contributed by atoms with Crippen LogP contribution in [-0.2, 0) is 14.8 Å². The lowest BCUT2D eigenvalue weighted by atomic mass is 9.87. The molecule has 0 saturated carbocycles. The van der Waals surface area contributed by atoms with E-state index in [0.717, 1.165) is 23.3 Å². The lowest BCUT2D eigenvalue weighted by Crippen LogP contribution is -2.38. The van der Waals surface area contributed by atoms with Gasteiger partial charge in [0, 0.05) is 65.0 Å². The molecule has 3 N–H and O–H groups in total. The summed E-state index contributed by atoms with van der Waals surface area (Å²) in [6.07, 6.45) is 14.1. The molecular formula is C30H39N5O4S. The topological polar surface area (TPSA) is 105 Å². The summed E-state index contributed by atoms with van der Waals surface area (Å²) >= 11 is 0. The molecule has 4 aliphatic rings. The highest BCUT2D eigenvalue weighted by Gasteiger charge is 2.33.